The number of ether oxygens (including phenoxy) is 3. The number of nitriles is 1. The van der Waals surface area contributed by atoms with Gasteiger partial charge in [-0.2, -0.15) is 5.26 Å². The smallest absolute Gasteiger partial charge is 0.339 e. The van der Waals surface area contributed by atoms with E-state index in [4.69, 9.17) is 19.9 Å². The van der Waals surface area contributed by atoms with Crippen LogP contribution in [0, 0.1) is 16.7 Å². The van der Waals surface area contributed by atoms with Crippen LogP contribution in [0.2, 0.25) is 0 Å². The van der Waals surface area contributed by atoms with Crippen molar-refractivity contribution in [3.63, 3.8) is 0 Å². The molecule has 7 heteroatoms. The molecule has 2 heterocycles. The molecule has 0 aromatic heterocycles. The van der Waals surface area contributed by atoms with Gasteiger partial charge in [-0.05, 0) is 13.3 Å². The lowest BCUT2D eigenvalue weighted by Crippen LogP contribution is -2.45. The minimum atomic E-state index is -1.77. The quantitative estimate of drug-likeness (QED) is 0.643. The zero-order valence-electron chi connectivity index (χ0n) is 15.0. The van der Waals surface area contributed by atoms with Crippen LogP contribution in [0.1, 0.15) is 42.6 Å². The number of hydrogen-bond donors (Lipinski definition) is 1. The van der Waals surface area contributed by atoms with E-state index in [0.29, 0.717) is 17.5 Å². The number of benzene rings is 1. The van der Waals surface area contributed by atoms with Gasteiger partial charge in [-0.1, -0.05) is 37.6 Å². The number of fused-ring (bicyclic) bond motifs is 1. The van der Waals surface area contributed by atoms with Crippen LogP contribution in [-0.2, 0) is 24.8 Å². The van der Waals surface area contributed by atoms with Crippen LogP contribution >= 0.6 is 0 Å². The SMILES string of the molecule is CCCCOC(=O)C1=C(C)O[C@]23OC(N)=C(C#N)[C@]12C(=O)c1ccccc13. The minimum Gasteiger partial charge on any atom is -0.462 e. The normalized spacial score (nSPS) is 27.5. The summed E-state index contributed by atoms with van der Waals surface area (Å²) < 4.78 is 17.2. The lowest BCUT2D eigenvalue weighted by atomic mass is 9.69. The molecule has 2 atom stereocenters. The molecule has 4 rings (SSSR count). The first-order valence-electron chi connectivity index (χ1n) is 8.76. The molecule has 1 aliphatic carbocycles. The first kappa shape index (κ1) is 17.2. The molecule has 0 amide bonds. The number of hydrogen-bond acceptors (Lipinski definition) is 7. The number of rotatable bonds is 4. The number of esters is 1. The van der Waals surface area contributed by atoms with Crippen LogP contribution in [0.15, 0.2) is 47.1 Å². The second-order valence-electron chi connectivity index (χ2n) is 6.72. The highest BCUT2D eigenvalue weighted by Crippen LogP contribution is 2.69. The van der Waals surface area contributed by atoms with Gasteiger partial charge in [0.1, 0.15) is 23.0 Å². The van der Waals surface area contributed by atoms with Gasteiger partial charge in [0.05, 0.1) is 6.61 Å². The Kier molecular flexibility index (Phi) is 3.57. The summed E-state index contributed by atoms with van der Waals surface area (Å²) in [6.07, 6.45) is 1.53. The molecule has 0 saturated carbocycles. The van der Waals surface area contributed by atoms with Crippen molar-refractivity contribution in [1.82, 2.24) is 0 Å². The molecule has 2 aliphatic heterocycles. The summed E-state index contributed by atoms with van der Waals surface area (Å²) in [5.74, 6) is -2.85. The van der Waals surface area contributed by atoms with Gasteiger partial charge in [-0.3, -0.25) is 4.79 Å². The van der Waals surface area contributed by atoms with E-state index in [0.717, 1.165) is 6.42 Å². The summed E-state index contributed by atoms with van der Waals surface area (Å²) in [7, 11) is 0. The molecular formula is C20H18N2O5. The van der Waals surface area contributed by atoms with Crippen LogP contribution in [0.3, 0.4) is 0 Å². The molecule has 0 fully saturated rings. The fourth-order valence-corrected chi connectivity index (χ4v) is 4.23. The highest BCUT2D eigenvalue weighted by Gasteiger charge is 2.80. The standard InChI is InChI=1S/C20H18N2O5/c1-3-4-9-25-18(24)15-11(2)26-20-13-8-6-5-7-12(13)16(23)19(15,20)14(10-21)17(22)27-20/h5-8H,3-4,9,22H2,1-2H3/t19-,20-/m1/s1. The Balaban J connectivity index is 1.94. The average molecular weight is 366 g/mol. The van der Waals surface area contributed by atoms with Gasteiger partial charge in [-0.15, -0.1) is 0 Å². The number of unbranched alkanes of at least 4 members (excludes halogenated alkanes) is 1. The summed E-state index contributed by atoms with van der Waals surface area (Å²) in [6, 6.07) is 8.71. The highest BCUT2D eigenvalue weighted by atomic mass is 16.7. The van der Waals surface area contributed by atoms with E-state index >= 15 is 0 Å². The van der Waals surface area contributed by atoms with Gasteiger partial charge in [0.2, 0.25) is 5.88 Å². The summed E-state index contributed by atoms with van der Waals surface area (Å²) >= 11 is 0. The Labute approximate surface area is 156 Å². The van der Waals surface area contributed by atoms with Crippen LogP contribution in [0.25, 0.3) is 0 Å². The van der Waals surface area contributed by atoms with Crippen molar-refractivity contribution >= 4 is 11.8 Å². The topological polar surface area (TPSA) is 112 Å². The Morgan fingerprint density at radius 1 is 1.33 bits per heavy atom. The molecule has 0 bridgehead atoms. The Morgan fingerprint density at radius 2 is 2.07 bits per heavy atom. The van der Waals surface area contributed by atoms with E-state index in [1.54, 1.807) is 31.2 Å². The fraction of sp³-hybridized carbons (Fsp3) is 0.350. The van der Waals surface area contributed by atoms with Gasteiger partial charge < -0.3 is 19.9 Å². The van der Waals surface area contributed by atoms with Crippen LogP contribution < -0.4 is 5.73 Å². The van der Waals surface area contributed by atoms with Crippen LogP contribution in [0.5, 0.6) is 0 Å². The molecule has 1 aromatic rings. The third-order valence-electron chi connectivity index (χ3n) is 5.31. The predicted octanol–water partition coefficient (Wildman–Crippen LogP) is 2.39. The van der Waals surface area contributed by atoms with Gasteiger partial charge in [0, 0.05) is 11.1 Å². The molecule has 7 nitrogen and oxygen atoms in total. The number of allylic oxidation sites excluding steroid dienone is 1. The fourth-order valence-electron chi connectivity index (χ4n) is 4.23. The van der Waals surface area contributed by atoms with Gasteiger partial charge in [-0.25, -0.2) is 4.79 Å². The molecule has 2 N–H and O–H groups in total. The van der Waals surface area contributed by atoms with Crippen molar-refractivity contribution in [3.8, 4) is 6.07 Å². The van der Waals surface area contributed by atoms with Crippen LogP contribution in [-0.4, -0.2) is 18.4 Å². The first-order chi connectivity index (χ1) is 13.0. The molecule has 0 saturated heterocycles. The maximum absolute atomic E-state index is 13.5. The number of nitrogens with two attached hydrogens (primary N) is 1. The molecule has 0 spiro atoms. The Morgan fingerprint density at radius 3 is 2.78 bits per heavy atom. The van der Waals surface area contributed by atoms with Gasteiger partial charge >= 0.3 is 11.8 Å². The maximum atomic E-state index is 13.5. The largest absolute Gasteiger partial charge is 0.462 e. The van der Waals surface area contributed by atoms with Gasteiger partial charge in [0.25, 0.3) is 0 Å². The summed E-state index contributed by atoms with van der Waals surface area (Å²) in [5, 5.41) is 9.77. The zero-order chi connectivity index (χ0) is 19.4. The molecule has 0 radical (unpaired) electrons. The predicted molar refractivity (Wildman–Crippen MR) is 92.4 cm³/mol. The van der Waals surface area contributed by atoms with Crippen molar-refractivity contribution < 1.29 is 23.8 Å². The number of carbonyl (C=O) groups excluding carboxylic acids is 2. The summed E-state index contributed by atoms with van der Waals surface area (Å²) in [6.45, 7) is 3.74. The Bertz CT molecular complexity index is 986. The first-order valence-corrected chi connectivity index (χ1v) is 8.76. The number of nitrogens with zero attached hydrogens (tertiary/aromatic N) is 1. The molecule has 138 valence electrons. The molecule has 3 aliphatic rings. The molecule has 27 heavy (non-hydrogen) atoms. The Hall–Kier alpha value is -3.27. The second kappa shape index (κ2) is 5.61. The van der Waals surface area contributed by atoms with Crippen molar-refractivity contribution in [2.75, 3.05) is 6.61 Å². The minimum absolute atomic E-state index is 0.0168. The lowest BCUT2D eigenvalue weighted by Gasteiger charge is -2.31. The zero-order valence-corrected chi connectivity index (χ0v) is 15.0. The van der Waals surface area contributed by atoms with E-state index in [1.165, 1.54) is 0 Å². The second-order valence-corrected chi connectivity index (χ2v) is 6.72. The summed E-state index contributed by atoms with van der Waals surface area (Å²) in [4.78, 5) is 26.5. The van der Waals surface area contributed by atoms with E-state index in [9.17, 15) is 14.9 Å². The van der Waals surface area contributed by atoms with Crippen molar-refractivity contribution in [2.45, 2.75) is 32.5 Å². The third kappa shape index (κ3) is 1.80. The van der Waals surface area contributed by atoms with Crippen LogP contribution in [0.4, 0.5) is 0 Å². The molecule has 0 unspecified atom stereocenters. The lowest BCUT2D eigenvalue weighted by molar-refractivity contribution is -0.199. The highest BCUT2D eigenvalue weighted by molar-refractivity contribution is 6.16. The number of Topliss-reactive ketones (excluding diaryl/α,β-unsaturated/α-hetero) is 1. The number of carbonyl (C=O) groups is 2. The van der Waals surface area contributed by atoms with E-state index in [2.05, 4.69) is 0 Å². The van der Waals surface area contributed by atoms with Crippen molar-refractivity contribution in [3.05, 3.63) is 58.2 Å². The average Bonchev–Trinajstić information content (AvgIpc) is 3.12. The van der Waals surface area contributed by atoms with Crippen molar-refractivity contribution in [2.24, 2.45) is 11.1 Å². The summed E-state index contributed by atoms with van der Waals surface area (Å²) in [5.41, 5.74) is 4.80. The number of ketones is 1. The van der Waals surface area contributed by atoms with E-state index in [1.807, 2.05) is 13.0 Å². The maximum Gasteiger partial charge on any atom is 0.339 e. The monoisotopic (exact) mass is 366 g/mol. The third-order valence-corrected chi connectivity index (χ3v) is 5.31. The van der Waals surface area contributed by atoms with Crippen molar-refractivity contribution in [1.29, 1.82) is 5.26 Å². The van der Waals surface area contributed by atoms with E-state index < -0.39 is 23.0 Å². The molecule has 1 aromatic carbocycles. The van der Waals surface area contributed by atoms with Gasteiger partial charge in [0.15, 0.2) is 11.2 Å². The molecular weight excluding hydrogens is 348 g/mol. The van der Waals surface area contributed by atoms with E-state index in [-0.39, 0.29) is 29.4 Å².